The molecule has 0 N–H and O–H groups in total. The van der Waals surface area contributed by atoms with Crippen LogP contribution in [0.4, 0.5) is 4.79 Å². The van der Waals surface area contributed by atoms with E-state index in [0.717, 1.165) is 19.3 Å². The van der Waals surface area contributed by atoms with E-state index < -0.39 is 11.7 Å². The first-order valence-corrected chi connectivity index (χ1v) is 6.16. The van der Waals surface area contributed by atoms with Crippen molar-refractivity contribution in [2.75, 3.05) is 13.1 Å². The zero-order valence-corrected chi connectivity index (χ0v) is 10.4. The third-order valence-electron chi connectivity index (χ3n) is 3.83. The molecule has 0 atom stereocenters. The SMILES string of the molecule is [CH]C([CH])([CH])OC(=O)N1CCC2(CCC(=O)CC2)C1. The number of amides is 1. The van der Waals surface area contributed by atoms with Crippen molar-refractivity contribution < 1.29 is 14.3 Å². The maximum Gasteiger partial charge on any atom is 0.410 e. The molecule has 4 heteroatoms. The second-order valence-electron chi connectivity index (χ2n) is 5.43. The van der Waals surface area contributed by atoms with E-state index in [4.69, 9.17) is 25.5 Å². The van der Waals surface area contributed by atoms with Gasteiger partial charge in [-0.05, 0) is 24.7 Å². The molecule has 1 spiro atoms. The fourth-order valence-corrected chi connectivity index (χ4v) is 2.77. The third kappa shape index (κ3) is 3.03. The van der Waals surface area contributed by atoms with Crippen molar-refractivity contribution in [2.45, 2.75) is 37.7 Å². The Morgan fingerprint density at radius 1 is 1.22 bits per heavy atom. The van der Waals surface area contributed by atoms with Gasteiger partial charge in [0.05, 0.1) is 0 Å². The summed E-state index contributed by atoms with van der Waals surface area (Å²) < 4.78 is 4.73. The Morgan fingerprint density at radius 2 is 1.83 bits per heavy atom. The summed E-state index contributed by atoms with van der Waals surface area (Å²) in [6.07, 6.45) is 3.21. The normalized spacial score (nSPS) is 23.5. The Bertz CT molecular complexity index is 347. The van der Waals surface area contributed by atoms with Gasteiger partial charge in [0.15, 0.2) is 0 Å². The van der Waals surface area contributed by atoms with Gasteiger partial charge in [-0.1, -0.05) is 0 Å². The summed E-state index contributed by atoms with van der Waals surface area (Å²) in [5.41, 5.74) is -1.87. The summed E-state index contributed by atoms with van der Waals surface area (Å²) in [5.74, 6) is 0.312. The molecule has 0 aromatic heterocycles. The third-order valence-corrected chi connectivity index (χ3v) is 3.83. The van der Waals surface area contributed by atoms with Crippen LogP contribution in [0.2, 0.25) is 0 Å². The molecule has 1 aliphatic carbocycles. The summed E-state index contributed by atoms with van der Waals surface area (Å²) in [6, 6.07) is 0. The van der Waals surface area contributed by atoms with Gasteiger partial charge >= 0.3 is 6.09 Å². The van der Waals surface area contributed by atoms with Gasteiger partial charge in [-0.2, -0.15) is 0 Å². The molecule has 2 fully saturated rings. The first-order valence-electron chi connectivity index (χ1n) is 6.16. The van der Waals surface area contributed by atoms with Crippen molar-refractivity contribution in [3.05, 3.63) is 20.8 Å². The highest BCUT2D eigenvalue weighted by Gasteiger charge is 2.43. The first kappa shape index (κ1) is 13.4. The molecule has 1 heterocycles. The van der Waals surface area contributed by atoms with Crippen molar-refractivity contribution in [1.29, 1.82) is 0 Å². The van der Waals surface area contributed by atoms with Gasteiger partial charge in [0, 0.05) is 46.7 Å². The predicted molar refractivity (Wildman–Crippen MR) is 64.2 cm³/mol. The van der Waals surface area contributed by atoms with Crippen LogP contribution in [-0.2, 0) is 9.53 Å². The van der Waals surface area contributed by atoms with Crippen LogP contribution in [0.25, 0.3) is 0 Å². The van der Waals surface area contributed by atoms with Crippen LogP contribution in [0.1, 0.15) is 32.1 Å². The fraction of sp³-hybridized carbons (Fsp3) is 0.643. The first-order chi connectivity index (χ1) is 8.30. The highest BCUT2D eigenvalue weighted by atomic mass is 16.6. The molecule has 1 saturated heterocycles. The number of carbonyl (C=O) groups excluding carboxylic acids is 2. The van der Waals surface area contributed by atoms with Crippen LogP contribution < -0.4 is 0 Å². The topological polar surface area (TPSA) is 46.6 Å². The Hall–Kier alpha value is -1.06. The molecule has 6 radical (unpaired) electrons. The molecule has 18 heavy (non-hydrogen) atoms. The van der Waals surface area contributed by atoms with Gasteiger partial charge in [0.2, 0.25) is 0 Å². The Kier molecular flexibility index (Phi) is 3.39. The summed E-state index contributed by atoms with van der Waals surface area (Å²) in [7, 11) is 0. The molecule has 2 aliphatic rings. The fourth-order valence-electron chi connectivity index (χ4n) is 2.77. The van der Waals surface area contributed by atoms with Gasteiger partial charge < -0.3 is 9.64 Å². The van der Waals surface area contributed by atoms with Gasteiger partial charge in [-0.15, -0.1) is 0 Å². The largest absolute Gasteiger partial charge is 0.442 e. The van der Waals surface area contributed by atoms with Crippen LogP contribution in [0.15, 0.2) is 0 Å². The lowest BCUT2D eigenvalue weighted by molar-refractivity contribution is -0.122. The van der Waals surface area contributed by atoms with Gasteiger partial charge in [0.25, 0.3) is 0 Å². The van der Waals surface area contributed by atoms with Crippen molar-refractivity contribution >= 4 is 11.9 Å². The summed E-state index contributed by atoms with van der Waals surface area (Å²) in [4.78, 5) is 24.6. The van der Waals surface area contributed by atoms with E-state index >= 15 is 0 Å². The van der Waals surface area contributed by atoms with E-state index in [-0.39, 0.29) is 5.41 Å². The van der Waals surface area contributed by atoms with Crippen molar-refractivity contribution in [1.82, 2.24) is 4.90 Å². The lowest BCUT2D eigenvalue weighted by Crippen LogP contribution is -2.38. The smallest absolute Gasteiger partial charge is 0.410 e. The lowest BCUT2D eigenvalue weighted by atomic mass is 9.73. The number of hydrogen-bond donors (Lipinski definition) is 0. The van der Waals surface area contributed by atoms with Gasteiger partial charge in [-0.25, -0.2) is 4.79 Å². The van der Waals surface area contributed by atoms with E-state index in [9.17, 15) is 9.59 Å². The Labute approximate surface area is 109 Å². The molecule has 2 rings (SSSR count). The van der Waals surface area contributed by atoms with E-state index in [1.54, 1.807) is 4.90 Å². The molecule has 4 nitrogen and oxygen atoms in total. The molecule has 1 amide bonds. The minimum absolute atomic E-state index is 0.0629. The van der Waals surface area contributed by atoms with Crippen molar-refractivity contribution in [3.63, 3.8) is 0 Å². The number of Topliss-reactive ketones (excluding diaryl/α,β-unsaturated/α-hetero) is 1. The number of hydrogen-bond acceptors (Lipinski definition) is 3. The molecule has 0 bridgehead atoms. The van der Waals surface area contributed by atoms with E-state index in [1.165, 1.54) is 0 Å². The minimum atomic E-state index is -1.94. The highest BCUT2D eigenvalue weighted by Crippen LogP contribution is 2.42. The standard InChI is InChI=1S/C14H17NO3/c1-13(2,3)18-12(17)15-9-8-14(10-15)6-4-11(16)5-7-14/h1-3H,4-10H2. The van der Waals surface area contributed by atoms with Crippen LogP contribution in [-0.4, -0.2) is 35.5 Å². The van der Waals surface area contributed by atoms with Crippen LogP contribution in [0, 0.1) is 26.2 Å². The Balaban J connectivity index is 1.92. The summed E-state index contributed by atoms with van der Waals surface area (Å²) >= 11 is 0. The molecule has 0 aromatic carbocycles. The average Bonchev–Trinajstić information content (AvgIpc) is 2.65. The number of nitrogens with zero attached hydrogens (tertiary/aromatic N) is 1. The number of ether oxygens (including phenoxy) is 1. The van der Waals surface area contributed by atoms with Crippen LogP contribution >= 0.6 is 0 Å². The summed E-state index contributed by atoms with van der Waals surface area (Å²) in [6.45, 7) is 16.9. The molecule has 0 unspecified atom stereocenters. The van der Waals surface area contributed by atoms with E-state index in [0.29, 0.717) is 31.7 Å². The second kappa shape index (κ2) is 4.56. The lowest BCUT2D eigenvalue weighted by Gasteiger charge is -2.32. The average molecular weight is 247 g/mol. The zero-order valence-electron chi connectivity index (χ0n) is 10.4. The number of ketones is 1. The molecule has 1 saturated carbocycles. The number of likely N-dealkylation sites (tertiary alicyclic amines) is 1. The van der Waals surface area contributed by atoms with Gasteiger partial charge in [-0.3, -0.25) is 4.79 Å². The molecular formula is C14H17NO3. The highest BCUT2D eigenvalue weighted by molar-refractivity contribution is 5.79. The molecule has 0 aromatic rings. The second-order valence-corrected chi connectivity index (χ2v) is 5.43. The van der Waals surface area contributed by atoms with E-state index in [1.807, 2.05) is 0 Å². The zero-order chi connectivity index (χ0) is 13.4. The van der Waals surface area contributed by atoms with Crippen molar-refractivity contribution in [2.24, 2.45) is 5.41 Å². The minimum Gasteiger partial charge on any atom is -0.442 e. The van der Waals surface area contributed by atoms with Gasteiger partial charge in [0.1, 0.15) is 11.4 Å². The van der Waals surface area contributed by atoms with Crippen LogP contribution in [0.5, 0.6) is 0 Å². The molecular weight excluding hydrogens is 230 g/mol. The quantitative estimate of drug-likeness (QED) is 0.710. The molecule has 1 aliphatic heterocycles. The van der Waals surface area contributed by atoms with Crippen molar-refractivity contribution in [3.8, 4) is 0 Å². The monoisotopic (exact) mass is 247 g/mol. The number of rotatable bonds is 1. The Morgan fingerprint density at radius 3 is 2.39 bits per heavy atom. The maximum absolute atomic E-state index is 11.7. The molecule has 96 valence electrons. The predicted octanol–water partition coefficient (Wildman–Crippen LogP) is 1.83. The maximum atomic E-state index is 11.7. The van der Waals surface area contributed by atoms with Crippen LogP contribution in [0.3, 0.4) is 0 Å². The number of carbonyl (C=O) groups is 2. The summed E-state index contributed by atoms with van der Waals surface area (Å²) in [5, 5.41) is 0. The van der Waals surface area contributed by atoms with E-state index in [2.05, 4.69) is 0 Å².